The van der Waals surface area contributed by atoms with Gasteiger partial charge in [-0.1, -0.05) is 31.9 Å². The van der Waals surface area contributed by atoms with Crippen molar-refractivity contribution in [3.8, 4) is 22.9 Å². The second kappa shape index (κ2) is 11.3. The SMILES string of the molecule is O=S(=O)([O-])Oc1c(-c2[nH]c3c(Br)cc(Br)cc3c2OS(=O)(=O)[O-])[nH]c2c(Br)cc(Br)cc12.[Na+].[Na+]. The third-order valence-electron chi connectivity index (χ3n) is 4.17. The van der Waals surface area contributed by atoms with Crippen molar-refractivity contribution in [1.29, 1.82) is 0 Å². The van der Waals surface area contributed by atoms with E-state index in [1.165, 1.54) is 12.1 Å². The first-order valence-corrected chi connectivity index (χ1v) is 13.9. The summed E-state index contributed by atoms with van der Waals surface area (Å²) in [5.74, 6) is -0.848. The molecule has 34 heavy (non-hydrogen) atoms. The van der Waals surface area contributed by atoms with Crippen LogP contribution in [0.2, 0.25) is 0 Å². The van der Waals surface area contributed by atoms with Crippen molar-refractivity contribution in [2.45, 2.75) is 0 Å². The van der Waals surface area contributed by atoms with Crippen LogP contribution in [0.1, 0.15) is 0 Å². The number of aromatic nitrogens is 2. The molecule has 2 N–H and O–H groups in total. The van der Waals surface area contributed by atoms with Gasteiger partial charge in [-0.3, -0.25) is 0 Å². The third kappa shape index (κ3) is 6.64. The van der Waals surface area contributed by atoms with E-state index in [-0.39, 0.29) is 81.3 Å². The van der Waals surface area contributed by atoms with Crippen LogP contribution in [0.3, 0.4) is 0 Å². The Bertz CT molecular complexity index is 1520. The number of nitrogens with one attached hydrogen (secondary N) is 2. The summed E-state index contributed by atoms with van der Waals surface area (Å²) < 4.78 is 80.2. The zero-order chi connectivity index (χ0) is 23.6. The number of aromatic amines is 2. The fourth-order valence-electron chi connectivity index (χ4n) is 3.12. The van der Waals surface area contributed by atoms with E-state index < -0.39 is 32.3 Å². The molecule has 0 fully saturated rings. The zero-order valence-corrected chi connectivity index (χ0v) is 28.9. The second-order valence-corrected chi connectivity index (χ2v) is 11.8. The molecule has 0 bridgehead atoms. The van der Waals surface area contributed by atoms with Gasteiger partial charge < -0.3 is 27.4 Å². The third-order valence-corrected chi connectivity index (χ3v) is 7.08. The minimum Gasteiger partial charge on any atom is -0.716 e. The Morgan fingerprint density at radius 2 is 0.971 bits per heavy atom. The van der Waals surface area contributed by atoms with Gasteiger partial charge in [0.25, 0.3) is 20.8 Å². The van der Waals surface area contributed by atoms with E-state index in [1.807, 2.05) is 0 Å². The summed E-state index contributed by atoms with van der Waals surface area (Å²) in [6.45, 7) is 0. The van der Waals surface area contributed by atoms with Crippen LogP contribution < -0.4 is 67.5 Å². The molecule has 2 heterocycles. The fourth-order valence-corrected chi connectivity index (χ4v) is 6.52. The van der Waals surface area contributed by atoms with Gasteiger partial charge in [0.05, 0.1) is 11.0 Å². The molecular formula is C16H6Br4N2Na2O8S2. The molecule has 170 valence electrons. The van der Waals surface area contributed by atoms with Crippen molar-refractivity contribution >= 4 is 106 Å². The van der Waals surface area contributed by atoms with Gasteiger partial charge >= 0.3 is 59.1 Å². The van der Waals surface area contributed by atoms with E-state index in [0.717, 1.165) is 0 Å². The number of benzene rings is 2. The van der Waals surface area contributed by atoms with Crippen molar-refractivity contribution in [2.75, 3.05) is 0 Å². The second-order valence-electron chi connectivity index (χ2n) is 6.26. The molecule has 4 rings (SSSR count). The van der Waals surface area contributed by atoms with Gasteiger partial charge in [-0.25, -0.2) is 16.8 Å². The van der Waals surface area contributed by atoms with Crippen molar-refractivity contribution in [1.82, 2.24) is 9.97 Å². The maximum Gasteiger partial charge on any atom is 1.00 e. The molecule has 10 nitrogen and oxygen atoms in total. The molecule has 2 aromatic heterocycles. The normalized spacial score (nSPS) is 11.8. The molecular weight excluding hydrogens is 778 g/mol. The van der Waals surface area contributed by atoms with Gasteiger partial charge in [-0.05, 0) is 56.1 Å². The summed E-state index contributed by atoms with van der Waals surface area (Å²) in [5.41, 5.74) is 0.376. The first-order chi connectivity index (χ1) is 14.7. The summed E-state index contributed by atoms with van der Waals surface area (Å²) in [5, 5.41) is 0.353. The maximum atomic E-state index is 11.5. The van der Waals surface area contributed by atoms with E-state index in [2.05, 4.69) is 73.7 Å². The Hall–Kier alpha value is 0.860. The fraction of sp³-hybridized carbons (Fsp3) is 0. The Labute approximate surface area is 270 Å². The first-order valence-electron chi connectivity index (χ1n) is 8.06. The molecule has 4 aromatic rings. The Balaban J connectivity index is 0.00000204. The summed E-state index contributed by atoms with van der Waals surface area (Å²) in [6, 6.07) is 6.27. The quantitative estimate of drug-likeness (QED) is 0.149. The van der Waals surface area contributed by atoms with Crippen LogP contribution >= 0.6 is 63.7 Å². The smallest absolute Gasteiger partial charge is 0.716 e. The average molecular weight is 784 g/mol. The van der Waals surface area contributed by atoms with Crippen LogP contribution in [-0.2, 0) is 20.8 Å². The number of hydrogen-bond donors (Lipinski definition) is 2. The summed E-state index contributed by atoms with van der Waals surface area (Å²) in [6.07, 6.45) is 0. The first kappa shape index (κ1) is 31.1. The number of H-pyrrole nitrogens is 2. The molecule has 0 aliphatic rings. The molecule has 18 heteroatoms. The van der Waals surface area contributed by atoms with Crippen LogP contribution in [-0.4, -0.2) is 35.9 Å². The predicted molar refractivity (Wildman–Crippen MR) is 127 cm³/mol. The van der Waals surface area contributed by atoms with E-state index in [9.17, 15) is 25.9 Å². The van der Waals surface area contributed by atoms with Crippen molar-refractivity contribution in [3.63, 3.8) is 0 Å². The van der Waals surface area contributed by atoms with Crippen LogP contribution in [0, 0.1) is 0 Å². The minimum absolute atomic E-state index is 0. The number of fused-ring (bicyclic) bond motifs is 2. The number of hydrogen-bond acceptors (Lipinski definition) is 8. The summed E-state index contributed by atoms with van der Waals surface area (Å²) in [7, 11) is -10.5. The number of halogens is 4. The Morgan fingerprint density at radius 1 is 0.647 bits per heavy atom. The molecule has 0 amide bonds. The Kier molecular flexibility index (Phi) is 10.3. The topological polar surface area (TPSA) is 164 Å². The zero-order valence-electron chi connectivity index (χ0n) is 16.9. The van der Waals surface area contributed by atoms with Gasteiger partial charge in [-0.2, -0.15) is 0 Å². The van der Waals surface area contributed by atoms with Crippen LogP contribution in [0.4, 0.5) is 0 Å². The molecule has 0 spiro atoms. The van der Waals surface area contributed by atoms with E-state index in [0.29, 0.717) is 28.9 Å². The Morgan fingerprint density at radius 3 is 1.26 bits per heavy atom. The largest absolute Gasteiger partial charge is 1.00 e. The predicted octanol–water partition coefficient (Wildman–Crippen LogP) is -0.948. The molecule has 0 radical (unpaired) electrons. The van der Waals surface area contributed by atoms with E-state index in [4.69, 9.17) is 8.37 Å². The minimum atomic E-state index is -5.24. The molecule has 0 aliphatic heterocycles. The average Bonchev–Trinajstić information content (AvgIpc) is 3.12. The van der Waals surface area contributed by atoms with Crippen molar-refractivity contribution in [3.05, 3.63) is 42.2 Å². The molecule has 0 atom stereocenters. The van der Waals surface area contributed by atoms with Crippen LogP contribution in [0.25, 0.3) is 33.2 Å². The van der Waals surface area contributed by atoms with Gasteiger partial charge in [0.1, 0.15) is 11.4 Å². The van der Waals surface area contributed by atoms with Crippen LogP contribution in [0.15, 0.2) is 42.2 Å². The summed E-state index contributed by atoms with van der Waals surface area (Å²) in [4.78, 5) is 5.78. The molecule has 0 saturated carbocycles. The van der Waals surface area contributed by atoms with Crippen molar-refractivity contribution < 1.29 is 93.4 Å². The molecule has 2 aromatic carbocycles. The standard InChI is InChI=1S/C16H8Br4N2O8S2.2Na/c17-5-1-7-11(9(19)3-5)21-13(15(7)29-31(23,24)25)14-16(30-32(26,27)28)8-2-6(18)4-10(20)12(8)22-14;;/h1-4,21-22H,(H,23,24,25)(H,26,27,28);;/q;2*+1/p-2. The maximum absolute atomic E-state index is 11.5. The van der Waals surface area contributed by atoms with Crippen molar-refractivity contribution in [2.24, 2.45) is 0 Å². The van der Waals surface area contributed by atoms with Gasteiger partial charge in [0, 0.05) is 28.7 Å². The molecule has 0 unspecified atom stereocenters. The van der Waals surface area contributed by atoms with E-state index >= 15 is 0 Å². The monoisotopic (exact) mass is 780 g/mol. The van der Waals surface area contributed by atoms with Crippen LogP contribution in [0.5, 0.6) is 11.5 Å². The van der Waals surface area contributed by atoms with Gasteiger partial charge in [0.2, 0.25) is 0 Å². The number of rotatable bonds is 5. The van der Waals surface area contributed by atoms with E-state index in [1.54, 1.807) is 12.1 Å². The molecule has 0 aliphatic carbocycles. The van der Waals surface area contributed by atoms with Gasteiger partial charge in [0.15, 0.2) is 11.5 Å². The summed E-state index contributed by atoms with van der Waals surface area (Å²) >= 11 is 13.2. The molecule has 0 saturated heterocycles. The van der Waals surface area contributed by atoms with Gasteiger partial charge in [-0.15, -0.1) is 0 Å².